The molecule has 0 spiro atoms. The number of carbonyl (C=O) groups excluding carboxylic acids is 1. The maximum atomic E-state index is 11.9. The Morgan fingerprint density at radius 2 is 1.95 bits per heavy atom. The molecule has 1 amide bonds. The number of nitrogens with one attached hydrogen (secondary N) is 1. The molecule has 0 aliphatic rings. The monoisotopic (exact) mass is 301 g/mol. The molecule has 0 atom stereocenters. The van der Waals surface area contributed by atoms with Gasteiger partial charge >= 0.3 is 6.09 Å². The predicted molar refractivity (Wildman–Crippen MR) is 83.2 cm³/mol. The van der Waals surface area contributed by atoms with E-state index in [1.807, 2.05) is 30.3 Å². The average molecular weight is 301 g/mol. The summed E-state index contributed by atoms with van der Waals surface area (Å²) >= 11 is 0. The highest BCUT2D eigenvalue weighted by atomic mass is 16.6. The summed E-state index contributed by atoms with van der Waals surface area (Å²) in [5.41, 5.74) is 1.18. The minimum absolute atomic E-state index is 0.271. The van der Waals surface area contributed by atoms with E-state index >= 15 is 0 Å². The Kier molecular flexibility index (Phi) is 4.72. The zero-order chi connectivity index (χ0) is 16.2. The van der Waals surface area contributed by atoms with Crippen molar-refractivity contribution in [2.75, 3.05) is 5.32 Å². The lowest BCUT2D eigenvalue weighted by Crippen LogP contribution is -2.27. The van der Waals surface area contributed by atoms with Crippen molar-refractivity contribution in [2.45, 2.75) is 33.0 Å². The molecule has 0 saturated carbocycles. The second-order valence-corrected chi connectivity index (χ2v) is 5.70. The first-order valence-electron chi connectivity index (χ1n) is 6.91. The van der Waals surface area contributed by atoms with Gasteiger partial charge in [-0.05, 0) is 20.8 Å². The molecule has 0 fully saturated rings. The van der Waals surface area contributed by atoms with Crippen LogP contribution in [0.4, 0.5) is 10.5 Å². The second kappa shape index (κ2) is 6.53. The van der Waals surface area contributed by atoms with Gasteiger partial charge in [-0.3, -0.25) is 5.32 Å². The number of hydrogen-bond donors (Lipinski definition) is 2. The van der Waals surface area contributed by atoms with Crippen LogP contribution in [0.1, 0.15) is 26.6 Å². The number of aliphatic hydroxyl groups excluding tert-OH is 1. The summed E-state index contributed by atoms with van der Waals surface area (Å²) < 4.78 is 5.23. The summed E-state index contributed by atoms with van der Waals surface area (Å²) in [7, 11) is 0. The second-order valence-electron chi connectivity index (χ2n) is 5.70. The van der Waals surface area contributed by atoms with E-state index < -0.39 is 11.7 Å². The van der Waals surface area contributed by atoms with E-state index in [-0.39, 0.29) is 12.4 Å². The van der Waals surface area contributed by atoms with Gasteiger partial charge in [0.05, 0.1) is 17.6 Å². The molecule has 0 radical (unpaired) electrons. The van der Waals surface area contributed by atoms with E-state index in [2.05, 4.69) is 15.3 Å². The standard InChI is InChI=1S/C16H19N3O3/c1-16(2,3)22-15(21)18-12-9-17-13(10-20)19-14(12)11-7-5-4-6-8-11/h4-9,20H,10H2,1-3H3,(H,18,21). The molecule has 0 unspecified atom stereocenters. The number of nitrogens with zero attached hydrogens (tertiary/aromatic N) is 2. The molecule has 1 aromatic heterocycles. The predicted octanol–water partition coefficient (Wildman–Crippen LogP) is 2.98. The summed E-state index contributed by atoms with van der Waals surface area (Å²) in [6.45, 7) is 5.09. The van der Waals surface area contributed by atoms with E-state index in [9.17, 15) is 9.90 Å². The van der Waals surface area contributed by atoms with E-state index in [4.69, 9.17) is 4.74 Å². The Balaban J connectivity index is 2.33. The Labute approximate surface area is 129 Å². The van der Waals surface area contributed by atoms with Gasteiger partial charge in [-0.1, -0.05) is 30.3 Å². The molecule has 6 heteroatoms. The normalized spacial score (nSPS) is 11.1. The van der Waals surface area contributed by atoms with Crippen molar-refractivity contribution in [3.8, 4) is 11.3 Å². The number of aliphatic hydroxyl groups is 1. The average Bonchev–Trinajstić information content (AvgIpc) is 2.46. The molecule has 22 heavy (non-hydrogen) atoms. The van der Waals surface area contributed by atoms with Crippen molar-refractivity contribution in [1.82, 2.24) is 9.97 Å². The van der Waals surface area contributed by atoms with Crippen LogP contribution in [0.3, 0.4) is 0 Å². The number of rotatable bonds is 3. The molecule has 0 aliphatic carbocycles. The van der Waals surface area contributed by atoms with Crippen LogP contribution in [0.5, 0.6) is 0 Å². The minimum Gasteiger partial charge on any atom is -0.444 e. The van der Waals surface area contributed by atoms with Gasteiger partial charge in [-0.15, -0.1) is 0 Å². The lowest BCUT2D eigenvalue weighted by molar-refractivity contribution is 0.0636. The largest absolute Gasteiger partial charge is 0.444 e. The molecule has 1 heterocycles. The maximum absolute atomic E-state index is 11.9. The first-order valence-corrected chi connectivity index (χ1v) is 6.91. The molecule has 0 saturated heterocycles. The highest BCUT2D eigenvalue weighted by Gasteiger charge is 2.18. The van der Waals surface area contributed by atoms with Crippen LogP contribution in [0.15, 0.2) is 36.5 Å². The van der Waals surface area contributed by atoms with Gasteiger partial charge < -0.3 is 9.84 Å². The molecule has 1 aromatic carbocycles. The summed E-state index contributed by atoms with van der Waals surface area (Å²) in [6, 6.07) is 9.35. The van der Waals surface area contributed by atoms with Crippen LogP contribution in [-0.2, 0) is 11.3 Å². The fourth-order valence-corrected chi connectivity index (χ4v) is 1.82. The molecule has 2 N–H and O–H groups in total. The van der Waals surface area contributed by atoms with Gasteiger partial charge in [0.25, 0.3) is 0 Å². The molecular formula is C16H19N3O3. The molecule has 0 bridgehead atoms. The van der Waals surface area contributed by atoms with Crippen LogP contribution in [-0.4, -0.2) is 26.8 Å². The Morgan fingerprint density at radius 1 is 1.27 bits per heavy atom. The third kappa shape index (κ3) is 4.26. The molecule has 2 aromatic rings. The Morgan fingerprint density at radius 3 is 2.55 bits per heavy atom. The topological polar surface area (TPSA) is 84.3 Å². The molecule has 2 rings (SSSR count). The zero-order valence-corrected chi connectivity index (χ0v) is 12.8. The lowest BCUT2D eigenvalue weighted by Gasteiger charge is -2.20. The van der Waals surface area contributed by atoms with E-state index in [1.54, 1.807) is 20.8 Å². The molecule has 6 nitrogen and oxygen atoms in total. The zero-order valence-electron chi connectivity index (χ0n) is 12.8. The third-order valence-corrected chi connectivity index (χ3v) is 2.66. The van der Waals surface area contributed by atoms with Crippen molar-refractivity contribution in [3.05, 3.63) is 42.4 Å². The number of amides is 1. The highest BCUT2D eigenvalue weighted by molar-refractivity contribution is 5.90. The van der Waals surface area contributed by atoms with Crippen molar-refractivity contribution in [2.24, 2.45) is 0 Å². The van der Waals surface area contributed by atoms with Crippen molar-refractivity contribution < 1.29 is 14.6 Å². The Bertz CT molecular complexity index is 651. The smallest absolute Gasteiger partial charge is 0.412 e. The van der Waals surface area contributed by atoms with Crippen LogP contribution < -0.4 is 5.32 Å². The maximum Gasteiger partial charge on any atom is 0.412 e. The number of aromatic nitrogens is 2. The fraction of sp³-hybridized carbons (Fsp3) is 0.312. The molecule has 116 valence electrons. The fourth-order valence-electron chi connectivity index (χ4n) is 1.82. The number of hydrogen-bond acceptors (Lipinski definition) is 5. The van der Waals surface area contributed by atoms with Crippen LogP contribution in [0.25, 0.3) is 11.3 Å². The third-order valence-electron chi connectivity index (χ3n) is 2.66. The first-order chi connectivity index (χ1) is 10.4. The summed E-state index contributed by atoms with van der Waals surface area (Å²) in [6.07, 6.45) is 0.884. The van der Waals surface area contributed by atoms with Crippen molar-refractivity contribution in [3.63, 3.8) is 0 Å². The number of carbonyl (C=O) groups is 1. The van der Waals surface area contributed by atoms with E-state index in [1.165, 1.54) is 6.20 Å². The SMILES string of the molecule is CC(C)(C)OC(=O)Nc1cnc(CO)nc1-c1ccccc1. The molecular weight excluding hydrogens is 282 g/mol. The summed E-state index contributed by atoms with van der Waals surface area (Å²) in [5, 5.41) is 11.8. The van der Waals surface area contributed by atoms with Crippen LogP contribution >= 0.6 is 0 Å². The first kappa shape index (κ1) is 15.9. The number of benzene rings is 1. The van der Waals surface area contributed by atoms with Crippen molar-refractivity contribution in [1.29, 1.82) is 0 Å². The van der Waals surface area contributed by atoms with E-state index in [0.717, 1.165) is 5.56 Å². The summed E-state index contributed by atoms with van der Waals surface area (Å²) in [4.78, 5) is 20.2. The lowest BCUT2D eigenvalue weighted by atomic mass is 10.1. The van der Waals surface area contributed by atoms with Gasteiger partial charge in [0.1, 0.15) is 12.2 Å². The summed E-state index contributed by atoms with van der Waals surface area (Å²) in [5.74, 6) is 0.286. The minimum atomic E-state index is -0.594. The van der Waals surface area contributed by atoms with Gasteiger partial charge in [-0.25, -0.2) is 14.8 Å². The van der Waals surface area contributed by atoms with E-state index in [0.29, 0.717) is 11.4 Å². The van der Waals surface area contributed by atoms with Crippen LogP contribution in [0, 0.1) is 0 Å². The quantitative estimate of drug-likeness (QED) is 0.910. The number of ether oxygens (including phenoxy) is 1. The van der Waals surface area contributed by atoms with Crippen molar-refractivity contribution >= 4 is 11.8 Å². The Hall–Kier alpha value is -2.47. The van der Waals surface area contributed by atoms with Gasteiger partial charge in [0.2, 0.25) is 0 Å². The van der Waals surface area contributed by atoms with Gasteiger partial charge in [0, 0.05) is 5.56 Å². The van der Waals surface area contributed by atoms with Crippen LogP contribution in [0.2, 0.25) is 0 Å². The molecule has 0 aliphatic heterocycles. The highest BCUT2D eigenvalue weighted by Crippen LogP contribution is 2.25. The van der Waals surface area contributed by atoms with Gasteiger partial charge in [-0.2, -0.15) is 0 Å². The number of anilines is 1. The van der Waals surface area contributed by atoms with Gasteiger partial charge in [0.15, 0.2) is 5.82 Å².